The molecule has 4 nitrogen and oxygen atoms in total. The van der Waals surface area contributed by atoms with Gasteiger partial charge in [-0.1, -0.05) is 17.9 Å². The van der Waals surface area contributed by atoms with Gasteiger partial charge in [-0.15, -0.1) is 0 Å². The lowest BCUT2D eigenvalue weighted by Crippen LogP contribution is -2.18. The second-order valence-electron chi connectivity index (χ2n) is 3.74. The van der Waals surface area contributed by atoms with E-state index in [0.717, 1.165) is 11.1 Å². The van der Waals surface area contributed by atoms with E-state index in [9.17, 15) is 4.79 Å². The van der Waals surface area contributed by atoms with Crippen LogP contribution in [0.4, 0.5) is 5.69 Å². The summed E-state index contributed by atoms with van der Waals surface area (Å²) in [4.78, 5) is 11.6. The smallest absolute Gasteiger partial charge is 0.250 e. The van der Waals surface area contributed by atoms with Crippen molar-refractivity contribution in [2.75, 3.05) is 25.1 Å². The van der Waals surface area contributed by atoms with Gasteiger partial charge in [-0.3, -0.25) is 4.79 Å². The number of carbonyl (C=O) groups is 1. The van der Waals surface area contributed by atoms with E-state index >= 15 is 0 Å². The second-order valence-corrected chi connectivity index (χ2v) is 3.74. The lowest BCUT2D eigenvalue weighted by atomic mass is 10.1. The summed E-state index contributed by atoms with van der Waals surface area (Å²) in [5, 5.41) is 2.77. The Balaban J connectivity index is 2.84. The maximum Gasteiger partial charge on any atom is 0.250 e. The summed E-state index contributed by atoms with van der Waals surface area (Å²) in [6.45, 7) is 4.67. The Kier molecular flexibility index (Phi) is 5.92. The van der Waals surface area contributed by atoms with E-state index < -0.39 is 0 Å². The minimum absolute atomic E-state index is 0.0497. The van der Waals surface area contributed by atoms with Crippen molar-refractivity contribution in [1.29, 1.82) is 0 Å². The largest absolute Gasteiger partial charge is 0.372 e. The topological polar surface area (TPSA) is 64.3 Å². The molecule has 1 aromatic carbocycles. The van der Waals surface area contributed by atoms with E-state index in [0.29, 0.717) is 18.8 Å². The SMILES string of the molecule is CCOCC(=O)Nc1ccc(C)cc1C#CCN. The van der Waals surface area contributed by atoms with E-state index in [4.69, 9.17) is 10.5 Å². The van der Waals surface area contributed by atoms with Crippen LogP contribution in [-0.4, -0.2) is 25.7 Å². The average Bonchev–Trinajstić information content (AvgIpc) is 2.36. The minimum Gasteiger partial charge on any atom is -0.372 e. The van der Waals surface area contributed by atoms with Crippen LogP contribution < -0.4 is 11.1 Å². The Morgan fingerprint density at radius 1 is 1.50 bits per heavy atom. The van der Waals surface area contributed by atoms with Crippen LogP contribution in [0.25, 0.3) is 0 Å². The van der Waals surface area contributed by atoms with Crippen molar-refractivity contribution in [1.82, 2.24) is 0 Å². The number of hydrogen-bond donors (Lipinski definition) is 2. The van der Waals surface area contributed by atoms with Gasteiger partial charge >= 0.3 is 0 Å². The van der Waals surface area contributed by atoms with Crippen molar-refractivity contribution >= 4 is 11.6 Å². The molecule has 0 radical (unpaired) electrons. The molecule has 18 heavy (non-hydrogen) atoms. The highest BCUT2D eigenvalue weighted by Gasteiger charge is 2.05. The first-order chi connectivity index (χ1) is 8.67. The molecule has 0 bridgehead atoms. The second kappa shape index (κ2) is 7.49. The number of carbonyl (C=O) groups excluding carboxylic acids is 1. The molecule has 1 aromatic rings. The van der Waals surface area contributed by atoms with Crippen molar-refractivity contribution < 1.29 is 9.53 Å². The van der Waals surface area contributed by atoms with E-state index in [2.05, 4.69) is 17.2 Å². The van der Waals surface area contributed by atoms with Crippen LogP contribution in [0.15, 0.2) is 18.2 Å². The molecule has 0 aliphatic carbocycles. The van der Waals surface area contributed by atoms with Gasteiger partial charge in [-0.05, 0) is 31.5 Å². The Morgan fingerprint density at radius 3 is 2.94 bits per heavy atom. The number of amides is 1. The van der Waals surface area contributed by atoms with Crippen LogP contribution in [-0.2, 0) is 9.53 Å². The number of nitrogens with one attached hydrogen (secondary N) is 1. The Morgan fingerprint density at radius 2 is 2.28 bits per heavy atom. The Labute approximate surface area is 108 Å². The Bertz CT molecular complexity index is 472. The molecule has 96 valence electrons. The number of aryl methyl sites for hydroxylation is 1. The van der Waals surface area contributed by atoms with Crippen molar-refractivity contribution in [2.24, 2.45) is 5.73 Å². The van der Waals surface area contributed by atoms with Gasteiger partial charge in [0, 0.05) is 12.2 Å². The summed E-state index contributed by atoms with van der Waals surface area (Å²) in [6, 6.07) is 5.67. The molecule has 0 saturated carbocycles. The summed E-state index contributed by atoms with van der Waals surface area (Å²) < 4.78 is 5.04. The summed E-state index contributed by atoms with van der Waals surface area (Å²) in [6.07, 6.45) is 0. The summed E-state index contributed by atoms with van der Waals surface area (Å²) >= 11 is 0. The number of benzene rings is 1. The predicted molar refractivity (Wildman–Crippen MR) is 72.2 cm³/mol. The zero-order valence-electron chi connectivity index (χ0n) is 10.7. The van der Waals surface area contributed by atoms with Gasteiger partial charge < -0.3 is 15.8 Å². The van der Waals surface area contributed by atoms with E-state index in [1.807, 2.05) is 32.0 Å². The summed E-state index contributed by atoms with van der Waals surface area (Å²) in [7, 11) is 0. The number of ether oxygens (including phenoxy) is 1. The van der Waals surface area contributed by atoms with Crippen molar-refractivity contribution in [3.63, 3.8) is 0 Å². The molecule has 0 aliphatic rings. The minimum atomic E-state index is -0.184. The molecule has 4 heteroatoms. The van der Waals surface area contributed by atoms with E-state index in [1.54, 1.807) is 0 Å². The molecule has 1 amide bonds. The fourth-order valence-corrected chi connectivity index (χ4v) is 1.40. The lowest BCUT2D eigenvalue weighted by molar-refractivity contribution is -0.120. The molecule has 0 heterocycles. The molecular weight excluding hydrogens is 228 g/mol. The molecule has 0 spiro atoms. The predicted octanol–water partition coefficient (Wildman–Crippen LogP) is 1.28. The van der Waals surface area contributed by atoms with E-state index in [1.165, 1.54) is 0 Å². The first-order valence-electron chi connectivity index (χ1n) is 5.84. The number of hydrogen-bond acceptors (Lipinski definition) is 3. The molecule has 0 unspecified atom stereocenters. The lowest BCUT2D eigenvalue weighted by Gasteiger charge is -2.08. The molecule has 1 rings (SSSR count). The fourth-order valence-electron chi connectivity index (χ4n) is 1.40. The molecule has 0 saturated heterocycles. The van der Waals surface area contributed by atoms with Gasteiger partial charge in [0.05, 0.1) is 12.2 Å². The van der Waals surface area contributed by atoms with Crippen LogP contribution in [0.2, 0.25) is 0 Å². The number of nitrogens with two attached hydrogens (primary N) is 1. The van der Waals surface area contributed by atoms with Crippen molar-refractivity contribution in [3.05, 3.63) is 29.3 Å². The molecule has 0 aliphatic heterocycles. The maximum absolute atomic E-state index is 11.6. The molecule has 0 atom stereocenters. The Hall–Kier alpha value is -1.83. The monoisotopic (exact) mass is 246 g/mol. The van der Waals surface area contributed by atoms with Crippen LogP contribution >= 0.6 is 0 Å². The fraction of sp³-hybridized carbons (Fsp3) is 0.357. The normalized spacial score (nSPS) is 9.50. The third-order valence-electron chi connectivity index (χ3n) is 2.21. The van der Waals surface area contributed by atoms with Gasteiger partial charge in [-0.25, -0.2) is 0 Å². The number of anilines is 1. The van der Waals surface area contributed by atoms with Crippen LogP contribution in [0.3, 0.4) is 0 Å². The summed E-state index contributed by atoms with van der Waals surface area (Å²) in [5.41, 5.74) is 7.89. The van der Waals surface area contributed by atoms with Gasteiger partial charge in [-0.2, -0.15) is 0 Å². The van der Waals surface area contributed by atoms with Crippen LogP contribution in [0.5, 0.6) is 0 Å². The van der Waals surface area contributed by atoms with Crippen molar-refractivity contribution in [3.8, 4) is 11.8 Å². The third-order valence-corrected chi connectivity index (χ3v) is 2.21. The zero-order chi connectivity index (χ0) is 13.4. The molecular formula is C14H18N2O2. The zero-order valence-corrected chi connectivity index (χ0v) is 10.7. The van der Waals surface area contributed by atoms with Crippen LogP contribution in [0.1, 0.15) is 18.1 Å². The van der Waals surface area contributed by atoms with Gasteiger partial charge in [0.2, 0.25) is 5.91 Å². The average molecular weight is 246 g/mol. The van der Waals surface area contributed by atoms with Crippen LogP contribution in [0, 0.1) is 18.8 Å². The van der Waals surface area contributed by atoms with Gasteiger partial charge in [0.15, 0.2) is 0 Å². The third kappa shape index (κ3) is 4.58. The molecule has 3 N–H and O–H groups in total. The van der Waals surface area contributed by atoms with Gasteiger partial charge in [0.1, 0.15) is 6.61 Å². The highest BCUT2D eigenvalue weighted by molar-refractivity contribution is 5.93. The number of rotatable bonds is 4. The van der Waals surface area contributed by atoms with Gasteiger partial charge in [0.25, 0.3) is 0 Å². The first kappa shape index (κ1) is 14.2. The highest BCUT2D eigenvalue weighted by atomic mass is 16.5. The molecule has 0 fully saturated rings. The van der Waals surface area contributed by atoms with E-state index in [-0.39, 0.29) is 12.5 Å². The molecule has 0 aromatic heterocycles. The van der Waals surface area contributed by atoms with Crippen molar-refractivity contribution in [2.45, 2.75) is 13.8 Å². The summed E-state index contributed by atoms with van der Waals surface area (Å²) in [5.74, 6) is 5.54. The first-order valence-corrected chi connectivity index (χ1v) is 5.84. The quantitative estimate of drug-likeness (QED) is 0.787. The standard InChI is InChI=1S/C14H18N2O2/c1-3-18-10-14(17)16-13-7-6-11(2)9-12(13)5-4-8-15/h6-7,9H,3,8,10,15H2,1-2H3,(H,16,17). The maximum atomic E-state index is 11.6. The highest BCUT2D eigenvalue weighted by Crippen LogP contribution is 2.16.